The van der Waals surface area contributed by atoms with E-state index < -0.39 is 26.5 Å². The van der Waals surface area contributed by atoms with E-state index in [2.05, 4.69) is 18.4 Å². The first-order valence-corrected chi connectivity index (χ1v) is 12.8. The van der Waals surface area contributed by atoms with Crippen molar-refractivity contribution in [2.45, 2.75) is 110 Å². The van der Waals surface area contributed by atoms with Crippen molar-refractivity contribution in [2.75, 3.05) is 13.2 Å². The van der Waals surface area contributed by atoms with Gasteiger partial charge >= 0.3 is 13.8 Å². The number of hydrogen-bond donors (Lipinski definition) is 3. The number of ether oxygens (including phenoxy) is 1. The van der Waals surface area contributed by atoms with E-state index in [1.54, 1.807) is 0 Å². The lowest BCUT2D eigenvalue weighted by Gasteiger charge is -2.12. The molecule has 8 heteroatoms. The molecule has 3 N–H and O–H groups in total. The van der Waals surface area contributed by atoms with E-state index >= 15 is 0 Å². The molecule has 0 rings (SSSR count). The van der Waals surface area contributed by atoms with Crippen LogP contribution in [-0.4, -0.2) is 40.2 Å². The molecule has 0 heterocycles. The van der Waals surface area contributed by atoms with E-state index in [9.17, 15) is 14.5 Å². The first-order chi connectivity index (χ1) is 13.7. The molecule has 0 aromatic heterocycles. The predicted molar refractivity (Wildman–Crippen MR) is 114 cm³/mol. The number of unbranched alkanes of at least 4 members (excludes halogenated alkanes) is 11. The van der Waals surface area contributed by atoms with Gasteiger partial charge in [-0.05, 0) is 12.3 Å². The molecule has 0 aliphatic heterocycles. The number of phosphoric acid groups is 1. The monoisotopic (exact) mass is 438 g/mol. The van der Waals surface area contributed by atoms with Crippen LogP contribution in [0.2, 0.25) is 0 Å². The molecule has 0 aliphatic carbocycles. The van der Waals surface area contributed by atoms with E-state index in [0.29, 0.717) is 6.42 Å². The van der Waals surface area contributed by atoms with Crippen LogP contribution in [0.4, 0.5) is 0 Å². The molecular weight excluding hydrogens is 395 g/mol. The maximum atomic E-state index is 11.6. The fourth-order valence-corrected chi connectivity index (χ4v) is 3.45. The number of esters is 1. The van der Waals surface area contributed by atoms with Crippen LogP contribution >= 0.6 is 7.82 Å². The number of hydrogen-bond acceptors (Lipinski definition) is 5. The van der Waals surface area contributed by atoms with Crippen molar-refractivity contribution >= 4 is 13.8 Å². The van der Waals surface area contributed by atoms with Crippen molar-refractivity contribution < 1.29 is 33.5 Å². The standard InChI is InChI=1S/C21H43O7P/c1-19(2)15-13-11-9-7-5-3-4-6-8-10-12-14-16-21(23)27-17-20(22)18-28-29(24,25)26/h19-20,22H,3-18H2,1-2H3,(H2,24,25,26). The highest BCUT2D eigenvalue weighted by Crippen LogP contribution is 2.35. The SMILES string of the molecule is CC(C)CCCCCCCCCCCCCCC(=O)OCC(O)COP(=O)(O)O. The molecule has 0 bridgehead atoms. The minimum Gasteiger partial charge on any atom is -0.463 e. The summed E-state index contributed by atoms with van der Waals surface area (Å²) in [6.07, 6.45) is 15.1. The van der Waals surface area contributed by atoms with Gasteiger partial charge in [-0.1, -0.05) is 90.9 Å². The number of aliphatic hydroxyl groups excluding tert-OH is 1. The summed E-state index contributed by atoms with van der Waals surface area (Å²) in [6.45, 7) is 3.68. The lowest BCUT2D eigenvalue weighted by Crippen LogP contribution is -2.23. The highest BCUT2D eigenvalue weighted by atomic mass is 31.2. The van der Waals surface area contributed by atoms with Crippen LogP contribution in [0.1, 0.15) is 104 Å². The summed E-state index contributed by atoms with van der Waals surface area (Å²) in [7, 11) is -4.61. The summed E-state index contributed by atoms with van der Waals surface area (Å²) in [6, 6.07) is 0. The smallest absolute Gasteiger partial charge is 0.463 e. The Hall–Kier alpha value is -0.460. The Bertz CT molecular complexity index is 437. The van der Waals surface area contributed by atoms with Crippen molar-refractivity contribution in [2.24, 2.45) is 5.92 Å². The zero-order valence-electron chi connectivity index (χ0n) is 18.4. The Labute approximate surface area is 176 Å². The molecule has 0 aromatic carbocycles. The Balaban J connectivity index is 3.31. The highest BCUT2D eigenvalue weighted by Gasteiger charge is 2.17. The van der Waals surface area contributed by atoms with Crippen LogP contribution in [0.25, 0.3) is 0 Å². The lowest BCUT2D eigenvalue weighted by atomic mass is 10.0. The number of rotatable bonds is 20. The van der Waals surface area contributed by atoms with E-state index in [1.165, 1.54) is 64.2 Å². The van der Waals surface area contributed by atoms with Gasteiger partial charge in [-0.15, -0.1) is 0 Å². The molecule has 0 saturated carbocycles. The Morgan fingerprint density at radius 2 is 1.24 bits per heavy atom. The van der Waals surface area contributed by atoms with Gasteiger partial charge in [-0.2, -0.15) is 0 Å². The zero-order valence-corrected chi connectivity index (χ0v) is 19.3. The molecule has 0 saturated heterocycles. The summed E-state index contributed by atoms with van der Waals surface area (Å²) in [5.41, 5.74) is 0. The minimum absolute atomic E-state index is 0.295. The van der Waals surface area contributed by atoms with Crippen molar-refractivity contribution in [3.63, 3.8) is 0 Å². The van der Waals surface area contributed by atoms with Gasteiger partial charge in [0.15, 0.2) is 0 Å². The van der Waals surface area contributed by atoms with Gasteiger partial charge in [-0.25, -0.2) is 4.57 Å². The third-order valence-corrected chi connectivity index (χ3v) is 5.27. The van der Waals surface area contributed by atoms with Crippen LogP contribution in [0.15, 0.2) is 0 Å². The molecular formula is C21H43O7P. The Morgan fingerprint density at radius 3 is 1.69 bits per heavy atom. The summed E-state index contributed by atoms with van der Waals surface area (Å²) in [5.74, 6) is 0.421. The summed E-state index contributed by atoms with van der Waals surface area (Å²) in [4.78, 5) is 28.6. The second-order valence-corrected chi connectivity index (χ2v) is 9.54. The molecule has 174 valence electrons. The first-order valence-electron chi connectivity index (χ1n) is 11.2. The van der Waals surface area contributed by atoms with Crippen molar-refractivity contribution in [1.82, 2.24) is 0 Å². The second-order valence-electron chi connectivity index (χ2n) is 8.30. The van der Waals surface area contributed by atoms with E-state index in [0.717, 1.165) is 25.2 Å². The maximum absolute atomic E-state index is 11.6. The fourth-order valence-electron chi connectivity index (χ4n) is 3.08. The maximum Gasteiger partial charge on any atom is 0.469 e. The summed E-state index contributed by atoms with van der Waals surface area (Å²) >= 11 is 0. The van der Waals surface area contributed by atoms with Crippen LogP contribution in [-0.2, 0) is 18.6 Å². The number of carbonyl (C=O) groups excluding carboxylic acids is 1. The highest BCUT2D eigenvalue weighted by molar-refractivity contribution is 7.46. The van der Waals surface area contributed by atoms with Gasteiger partial charge < -0.3 is 19.6 Å². The molecule has 0 radical (unpaired) electrons. The third kappa shape index (κ3) is 23.7. The van der Waals surface area contributed by atoms with Crippen molar-refractivity contribution in [3.05, 3.63) is 0 Å². The molecule has 0 spiro atoms. The van der Waals surface area contributed by atoms with Gasteiger partial charge in [0.25, 0.3) is 0 Å². The van der Waals surface area contributed by atoms with E-state index in [1.807, 2.05) is 0 Å². The Kier molecular flexibility index (Phi) is 18.0. The fraction of sp³-hybridized carbons (Fsp3) is 0.952. The molecule has 0 amide bonds. The number of aliphatic hydroxyl groups is 1. The van der Waals surface area contributed by atoms with E-state index in [-0.39, 0.29) is 6.61 Å². The predicted octanol–water partition coefficient (Wildman–Crippen LogP) is 5.12. The quantitative estimate of drug-likeness (QED) is 0.137. The molecule has 29 heavy (non-hydrogen) atoms. The van der Waals surface area contributed by atoms with Crippen LogP contribution in [0.5, 0.6) is 0 Å². The summed E-state index contributed by atoms with van der Waals surface area (Å²) < 4.78 is 19.5. The van der Waals surface area contributed by atoms with Gasteiger partial charge in [0.2, 0.25) is 0 Å². The van der Waals surface area contributed by atoms with E-state index in [4.69, 9.17) is 14.5 Å². The molecule has 1 unspecified atom stereocenters. The minimum atomic E-state index is -4.61. The van der Waals surface area contributed by atoms with Gasteiger partial charge in [0, 0.05) is 6.42 Å². The second kappa shape index (κ2) is 18.3. The Morgan fingerprint density at radius 1 is 0.793 bits per heavy atom. The topological polar surface area (TPSA) is 113 Å². The van der Waals surface area contributed by atoms with Crippen molar-refractivity contribution in [1.29, 1.82) is 0 Å². The van der Waals surface area contributed by atoms with Crippen LogP contribution in [0.3, 0.4) is 0 Å². The molecule has 0 aliphatic rings. The van der Waals surface area contributed by atoms with Gasteiger partial charge in [0.05, 0.1) is 6.61 Å². The summed E-state index contributed by atoms with van der Waals surface area (Å²) in [5, 5.41) is 9.42. The zero-order chi connectivity index (χ0) is 22.0. The largest absolute Gasteiger partial charge is 0.469 e. The third-order valence-electron chi connectivity index (χ3n) is 4.78. The van der Waals surface area contributed by atoms with Crippen molar-refractivity contribution in [3.8, 4) is 0 Å². The average molecular weight is 439 g/mol. The lowest BCUT2D eigenvalue weighted by molar-refractivity contribution is -0.147. The molecule has 0 fully saturated rings. The number of carbonyl (C=O) groups is 1. The van der Waals surface area contributed by atoms with Gasteiger partial charge in [-0.3, -0.25) is 9.32 Å². The molecule has 7 nitrogen and oxygen atoms in total. The molecule has 1 atom stereocenters. The normalized spacial score (nSPS) is 13.0. The van der Waals surface area contributed by atoms with Crippen LogP contribution < -0.4 is 0 Å². The average Bonchev–Trinajstić information content (AvgIpc) is 2.64. The number of phosphoric ester groups is 1. The van der Waals surface area contributed by atoms with Crippen LogP contribution in [0, 0.1) is 5.92 Å². The van der Waals surface area contributed by atoms with Gasteiger partial charge in [0.1, 0.15) is 12.7 Å². The molecule has 0 aromatic rings. The first kappa shape index (κ1) is 28.5.